The van der Waals surface area contributed by atoms with Crippen LogP contribution in [0.4, 0.5) is 5.69 Å². The maximum absolute atomic E-state index is 12.5. The lowest BCUT2D eigenvalue weighted by atomic mass is 9.92. The van der Waals surface area contributed by atoms with Gasteiger partial charge in [-0.25, -0.2) is 0 Å². The molecule has 0 unspecified atom stereocenters. The van der Waals surface area contributed by atoms with E-state index in [9.17, 15) is 4.79 Å². The number of para-hydroxylation sites is 1. The first kappa shape index (κ1) is 14.2. The van der Waals surface area contributed by atoms with Crippen LogP contribution in [0.3, 0.4) is 0 Å². The van der Waals surface area contributed by atoms with Crippen molar-refractivity contribution < 1.29 is 4.79 Å². The number of piperazine rings is 1. The summed E-state index contributed by atoms with van der Waals surface area (Å²) in [4.78, 5) is 19.4. The predicted octanol–water partition coefficient (Wildman–Crippen LogP) is 1.82. The van der Waals surface area contributed by atoms with Crippen LogP contribution in [-0.4, -0.2) is 61.0 Å². The molecule has 1 saturated carbocycles. The topological polar surface area (TPSA) is 26.8 Å². The molecule has 4 nitrogen and oxygen atoms in total. The molecule has 2 heterocycles. The summed E-state index contributed by atoms with van der Waals surface area (Å²) in [6.45, 7) is 4.91. The zero-order valence-corrected chi connectivity index (χ0v) is 13.4. The molecule has 1 atom stereocenters. The normalized spacial score (nSPS) is 30.4. The van der Waals surface area contributed by atoms with E-state index in [0.29, 0.717) is 6.54 Å². The standard InChI is InChI=1S/C18H25N3O/c1-19-12-17(22)21(16-5-3-2-4-6-16)14-18(19)9-10-20(13-18)11-15-7-8-15/h2-6,15H,7-14H2,1H3/t18-/m1/s1. The van der Waals surface area contributed by atoms with Gasteiger partial charge in [0.1, 0.15) is 0 Å². The van der Waals surface area contributed by atoms with Crippen molar-refractivity contribution in [1.29, 1.82) is 0 Å². The Kier molecular flexibility index (Phi) is 3.46. The van der Waals surface area contributed by atoms with E-state index in [0.717, 1.165) is 24.7 Å². The van der Waals surface area contributed by atoms with Gasteiger partial charge in [0.15, 0.2) is 0 Å². The number of amides is 1. The van der Waals surface area contributed by atoms with E-state index in [4.69, 9.17) is 0 Å². The minimum Gasteiger partial charge on any atom is -0.309 e. The number of hydrogen-bond donors (Lipinski definition) is 0. The lowest BCUT2D eigenvalue weighted by Gasteiger charge is -2.47. The molecule has 0 bridgehead atoms. The highest BCUT2D eigenvalue weighted by Crippen LogP contribution is 2.36. The van der Waals surface area contributed by atoms with Crippen LogP contribution >= 0.6 is 0 Å². The van der Waals surface area contributed by atoms with Gasteiger partial charge in [0.05, 0.1) is 12.1 Å². The molecule has 3 aliphatic rings. The van der Waals surface area contributed by atoms with Gasteiger partial charge in [-0.2, -0.15) is 0 Å². The highest BCUT2D eigenvalue weighted by atomic mass is 16.2. The summed E-state index contributed by atoms with van der Waals surface area (Å²) in [6, 6.07) is 10.1. The molecule has 0 N–H and O–H groups in total. The van der Waals surface area contributed by atoms with Crippen molar-refractivity contribution in [1.82, 2.24) is 9.80 Å². The Balaban J connectivity index is 1.53. The molecule has 4 rings (SSSR count). The number of benzene rings is 1. The second kappa shape index (κ2) is 5.36. The van der Waals surface area contributed by atoms with Gasteiger partial charge in [-0.3, -0.25) is 9.69 Å². The van der Waals surface area contributed by atoms with Crippen molar-refractivity contribution in [2.75, 3.05) is 44.7 Å². The van der Waals surface area contributed by atoms with Crippen molar-refractivity contribution in [2.24, 2.45) is 5.92 Å². The summed E-state index contributed by atoms with van der Waals surface area (Å²) in [7, 11) is 2.13. The number of carbonyl (C=O) groups is 1. The fourth-order valence-corrected chi connectivity index (χ4v) is 4.00. The van der Waals surface area contributed by atoms with E-state index in [1.54, 1.807) is 0 Å². The maximum Gasteiger partial charge on any atom is 0.241 e. The van der Waals surface area contributed by atoms with Crippen LogP contribution in [0.15, 0.2) is 30.3 Å². The number of anilines is 1. The van der Waals surface area contributed by atoms with E-state index < -0.39 is 0 Å². The van der Waals surface area contributed by atoms with Crippen LogP contribution in [0.1, 0.15) is 19.3 Å². The number of nitrogens with zero attached hydrogens (tertiary/aromatic N) is 3. The molecule has 1 aromatic rings. The summed E-state index contributed by atoms with van der Waals surface area (Å²) in [5.74, 6) is 1.16. The first-order chi connectivity index (χ1) is 10.7. The molecule has 1 aromatic carbocycles. The Morgan fingerprint density at radius 2 is 1.95 bits per heavy atom. The van der Waals surface area contributed by atoms with Crippen molar-refractivity contribution in [3.05, 3.63) is 30.3 Å². The van der Waals surface area contributed by atoms with Gasteiger partial charge >= 0.3 is 0 Å². The van der Waals surface area contributed by atoms with E-state index in [2.05, 4.69) is 16.8 Å². The monoisotopic (exact) mass is 299 g/mol. The van der Waals surface area contributed by atoms with Crippen molar-refractivity contribution in [3.63, 3.8) is 0 Å². The van der Waals surface area contributed by atoms with Gasteiger partial charge in [-0.05, 0) is 44.4 Å². The molecule has 0 aromatic heterocycles. The fraction of sp³-hybridized carbons (Fsp3) is 0.611. The van der Waals surface area contributed by atoms with Crippen molar-refractivity contribution in [3.8, 4) is 0 Å². The third kappa shape index (κ3) is 2.55. The second-order valence-corrected chi connectivity index (χ2v) is 7.32. The maximum atomic E-state index is 12.5. The quantitative estimate of drug-likeness (QED) is 0.852. The number of likely N-dealkylation sites (tertiary alicyclic amines) is 1. The van der Waals surface area contributed by atoms with Crippen LogP contribution in [0.2, 0.25) is 0 Å². The third-order valence-corrected chi connectivity index (χ3v) is 5.63. The molecular weight excluding hydrogens is 274 g/mol. The molecule has 3 fully saturated rings. The van der Waals surface area contributed by atoms with Gasteiger partial charge in [0, 0.05) is 31.9 Å². The molecule has 1 aliphatic carbocycles. The van der Waals surface area contributed by atoms with Gasteiger partial charge in [0.2, 0.25) is 5.91 Å². The summed E-state index contributed by atoms with van der Waals surface area (Å²) in [5, 5.41) is 0. The van der Waals surface area contributed by atoms with E-state index >= 15 is 0 Å². The van der Waals surface area contributed by atoms with Crippen molar-refractivity contribution >= 4 is 11.6 Å². The van der Waals surface area contributed by atoms with E-state index in [1.807, 2.05) is 35.2 Å². The van der Waals surface area contributed by atoms with Crippen LogP contribution in [0.5, 0.6) is 0 Å². The van der Waals surface area contributed by atoms with Gasteiger partial charge in [0.25, 0.3) is 0 Å². The number of rotatable bonds is 3. The van der Waals surface area contributed by atoms with Crippen molar-refractivity contribution in [2.45, 2.75) is 24.8 Å². The molecule has 4 heteroatoms. The summed E-state index contributed by atoms with van der Waals surface area (Å²) in [5.41, 5.74) is 1.18. The van der Waals surface area contributed by atoms with E-state index in [1.165, 1.54) is 32.4 Å². The van der Waals surface area contributed by atoms with Gasteiger partial charge in [-0.15, -0.1) is 0 Å². The summed E-state index contributed by atoms with van der Waals surface area (Å²) in [6.07, 6.45) is 3.99. The smallest absolute Gasteiger partial charge is 0.241 e. The lowest BCUT2D eigenvalue weighted by molar-refractivity contribution is -0.123. The largest absolute Gasteiger partial charge is 0.309 e. The summed E-state index contributed by atoms with van der Waals surface area (Å²) < 4.78 is 0. The molecule has 2 saturated heterocycles. The molecule has 1 amide bonds. The Morgan fingerprint density at radius 3 is 2.68 bits per heavy atom. The molecular formula is C18H25N3O. The molecule has 0 radical (unpaired) electrons. The Labute approximate surface area is 132 Å². The highest BCUT2D eigenvalue weighted by Gasteiger charge is 2.48. The zero-order valence-electron chi connectivity index (χ0n) is 13.4. The molecule has 1 spiro atoms. The molecule has 22 heavy (non-hydrogen) atoms. The Morgan fingerprint density at radius 1 is 1.18 bits per heavy atom. The minimum atomic E-state index is 0.138. The summed E-state index contributed by atoms with van der Waals surface area (Å²) >= 11 is 0. The predicted molar refractivity (Wildman–Crippen MR) is 87.9 cm³/mol. The first-order valence-corrected chi connectivity index (χ1v) is 8.45. The SMILES string of the molecule is CN1CC(=O)N(c2ccccc2)C[C@]12CCN(CC1CC1)C2. The fourth-order valence-electron chi connectivity index (χ4n) is 4.00. The van der Waals surface area contributed by atoms with Crippen LogP contribution in [0, 0.1) is 5.92 Å². The number of carbonyl (C=O) groups excluding carboxylic acids is 1. The highest BCUT2D eigenvalue weighted by molar-refractivity contribution is 5.96. The Bertz CT molecular complexity index is 557. The lowest BCUT2D eigenvalue weighted by Crippen LogP contribution is -2.64. The number of likely N-dealkylation sites (N-methyl/N-ethyl adjacent to an activating group) is 1. The number of hydrogen-bond acceptors (Lipinski definition) is 3. The van der Waals surface area contributed by atoms with Gasteiger partial charge in [-0.1, -0.05) is 18.2 Å². The van der Waals surface area contributed by atoms with Crippen LogP contribution in [-0.2, 0) is 4.79 Å². The first-order valence-electron chi connectivity index (χ1n) is 8.45. The average molecular weight is 299 g/mol. The van der Waals surface area contributed by atoms with Crippen LogP contribution < -0.4 is 4.90 Å². The minimum absolute atomic E-state index is 0.138. The molecule has 2 aliphatic heterocycles. The average Bonchev–Trinajstić information content (AvgIpc) is 3.24. The Hall–Kier alpha value is -1.39. The zero-order chi connectivity index (χ0) is 15.2. The van der Waals surface area contributed by atoms with Gasteiger partial charge < -0.3 is 9.80 Å². The van der Waals surface area contributed by atoms with E-state index in [-0.39, 0.29) is 11.4 Å². The van der Waals surface area contributed by atoms with Crippen LogP contribution in [0.25, 0.3) is 0 Å². The molecule has 118 valence electrons. The second-order valence-electron chi connectivity index (χ2n) is 7.32. The third-order valence-electron chi connectivity index (χ3n) is 5.63.